The first-order valence-corrected chi connectivity index (χ1v) is 7.48. The third-order valence-corrected chi connectivity index (χ3v) is 3.01. The second-order valence-electron chi connectivity index (χ2n) is 4.80. The van der Waals surface area contributed by atoms with Gasteiger partial charge in [-0.3, -0.25) is 9.59 Å². The average Bonchev–Trinajstić information content (AvgIpc) is 2.50. The van der Waals surface area contributed by atoms with E-state index in [1.54, 1.807) is 11.0 Å². The maximum Gasteiger partial charge on any atom is 0.305 e. The highest BCUT2D eigenvalue weighted by atomic mass is 16.5. The number of hydrogen-bond acceptors (Lipinski definition) is 3. The van der Waals surface area contributed by atoms with Crippen LogP contribution in [0.2, 0.25) is 0 Å². The number of carbonyl (C=O) groups is 2. The summed E-state index contributed by atoms with van der Waals surface area (Å²) < 4.78 is 5.36. The van der Waals surface area contributed by atoms with Gasteiger partial charge in [0, 0.05) is 19.2 Å². The highest BCUT2D eigenvalue weighted by molar-refractivity contribution is 5.92. The minimum Gasteiger partial charge on any atom is -0.494 e. The first-order valence-electron chi connectivity index (χ1n) is 7.48. The monoisotopic (exact) mass is 305 g/mol. The lowest BCUT2D eigenvalue weighted by Crippen LogP contribution is -2.32. The van der Waals surface area contributed by atoms with E-state index in [0.717, 1.165) is 17.7 Å². The normalized spacial score (nSPS) is 10.6. The summed E-state index contributed by atoms with van der Waals surface area (Å²) in [7, 11) is 0. The second kappa shape index (κ2) is 9.60. The minimum absolute atomic E-state index is 0.0391. The van der Waals surface area contributed by atoms with Crippen molar-refractivity contribution in [3.63, 3.8) is 0 Å². The van der Waals surface area contributed by atoms with Crippen molar-refractivity contribution in [3.8, 4) is 5.75 Å². The van der Waals surface area contributed by atoms with E-state index in [-0.39, 0.29) is 18.9 Å². The Hall–Kier alpha value is -2.30. The Morgan fingerprint density at radius 2 is 1.86 bits per heavy atom. The van der Waals surface area contributed by atoms with Crippen LogP contribution in [0, 0.1) is 0 Å². The van der Waals surface area contributed by atoms with E-state index in [4.69, 9.17) is 9.84 Å². The van der Waals surface area contributed by atoms with Gasteiger partial charge in [0.15, 0.2) is 0 Å². The molecular formula is C17H23NO4. The lowest BCUT2D eigenvalue weighted by atomic mass is 10.2. The molecule has 0 saturated carbocycles. The maximum atomic E-state index is 12.1. The highest BCUT2D eigenvalue weighted by Gasteiger charge is 2.11. The Morgan fingerprint density at radius 1 is 1.18 bits per heavy atom. The number of carboxylic acid groups (broad SMARTS) is 1. The molecule has 22 heavy (non-hydrogen) atoms. The molecule has 5 heteroatoms. The van der Waals surface area contributed by atoms with Crippen LogP contribution in [0.1, 0.15) is 32.3 Å². The van der Waals surface area contributed by atoms with Crippen molar-refractivity contribution >= 4 is 18.0 Å². The summed E-state index contributed by atoms with van der Waals surface area (Å²) >= 11 is 0. The van der Waals surface area contributed by atoms with Gasteiger partial charge in [-0.15, -0.1) is 0 Å². The first-order chi connectivity index (χ1) is 10.6. The summed E-state index contributed by atoms with van der Waals surface area (Å²) in [5.41, 5.74) is 0.895. The topological polar surface area (TPSA) is 66.8 Å². The predicted octanol–water partition coefficient (Wildman–Crippen LogP) is 2.81. The number of rotatable bonds is 9. The molecule has 0 aliphatic heterocycles. The van der Waals surface area contributed by atoms with E-state index in [2.05, 4.69) is 0 Å². The lowest BCUT2D eigenvalue weighted by Gasteiger charge is -2.19. The van der Waals surface area contributed by atoms with Crippen LogP contribution in [-0.4, -0.2) is 41.6 Å². The van der Waals surface area contributed by atoms with Crippen molar-refractivity contribution in [3.05, 3.63) is 35.9 Å². The fourth-order valence-electron chi connectivity index (χ4n) is 1.95. The van der Waals surface area contributed by atoms with E-state index in [9.17, 15) is 9.59 Å². The van der Waals surface area contributed by atoms with Crippen LogP contribution in [0.15, 0.2) is 30.3 Å². The van der Waals surface area contributed by atoms with Crippen molar-refractivity contribution in [2.75, 3.05) is 19.7 Å². The predicted molar refractivity (Wildman–Crippen MR) is 85.8 cm³/mol. The Morgan fingerprint density at radius 3 is 2.41 bits per heavy atom. The van der Waals surface area contributed by atoms with Crippen LogP contribution in [0.25, 0.3) is 6.08 Å². The molecule has 0 atom stereocenters. The number of nitrogens with zero attached hydrogens (tertiary/aromatic N) is 1. The molecule has 0 radical (unpaired) electrons. The van der Waals surface area contributed by atoms with Crippen molar-refractivity contribution in [2.24, 2.45) is 0 Å². The third kappa shape index (κ3) is 6.43. The summed E-state index contributed by atoms with van der Waals surface area (Å²) in [6.45, 7) is 5.28. The molecule has 0 fully saturated rings. The van der Waals surface area contributed by atoms with Gasteiger partial charge in [-0.25, -0.2) is 0 Å². The zero-order chi connectivity index (χ0) is 16.4. The Bertz CT molecular complexity index is 508. The van der Waals surface area contributed by atoms with E-state index in [1.165, 1.54) is 6.08 Å². The van der Waals surface area contributed by atoms with Gasteiger partial charge in [0.25, 0.3) is 0 Å². The van der Waals surface area contributed by atoms with Gasteiger partial charge in [0.05, 0.1) is 13.0 Å². The number of carbonyl (C=O) groups excluding carboxylic acids is 1. The van der Waals surface area contributed by atoms with Crippen molar-refractivity contribution in [1.82, 2.24) is 4.90 Å². The molecule has 1 rings (SSSR count). The molecule has 5 nitrogen and oxygen atoms in total. The zero-order valence-corrected chi connectivity index (χ0v) is 13.1. The van der Waals surface area contributed by atoms with Crippen LogP contribution >= 0.6 is 0 Å². The molecule has 0 spiro atoms. The summed E-state index contributed by atoms with van der Waals surface area (Å²) in [5.74, 6) is -0.276. The molecule has 0 aromatic heterocycles. The Balaban J connectivity index is 2.64. The van der Waals surface area contributed by atoms with Crippen molar-refractivity contribution < 1.29 is 19.4 Å². The molecule has 1 N–H and O–H groups in total. The number of carboxylic acids is 1. The smallest absolute Gasteiger partial charge is 0.305 e. The van der Waals surface area contributed by atoms with Gasteiger partial charge >= 0.3 is 5.97 Å². The zero-order valence-electron chi connectivity index (χ0n) is 13.1. The fraction of sp³-hybridized carbons (Fsp3) is 0.412. The van der Waals surface area contributed by atoms with E-state index >= 15 is 0 Å². The summed E-state index contributed by atoms with van der Waals surface area (Å²) in [6.07, 6.45) is 3.96. The van der Waals surface area contributed by atoms with Gasteiger partial charge in [-0.1, -0.05) is 19.1 Å². The number of amides is 1. The van der Waals surface area contributed by atoms with E-state index in [0.29, 0.717) is 13.2 Å². The number of benzene rings is 1. The molecule has 0 saturated heterocycles. The quantitative estimate of drug-likeness (QED) is 0.712. The number of aliphatic carboxylic acids is 1. The summed E-state index contributed by atoms with van der Waals surface area (Å²) in [4.78, 5) is 24.3. The fourth-order valence-corrected chi connectivity index (χ4v) is 1.95. The van der Waals surface area contributed by atoms with Crippen LogP contribution in [-0.2, 0) is 9.59 Å². The molecular weight excluding hydrogens is 282 g/mol. The van der Waals surface area contributed by atoms with Crippen molar-refractivity contribution in [2.45, 2.75) is 26.7 Å². The van der Waals surface area contributed by atoms with Crippen LogP contribution < -0.4 is 4.74 Å². The largest absolute Gasteiger partial charge is 0.494 e. The lowest BCUT2D eigenvalue weighted by molar-refractivity contribution is -0.138. The number of ether oxygens (including phenoxy) is 1. The highest BCUT2D eigenvalue weighted by Crippen LogP contribution is 2.13. The molecule has 0 aliphatic carbocycles. The first kappa shape index (κ1) is 17.8. The molecule has 0 heterocycles. The molecule has 0 aliphatic rings. The summed E-state index contributed by atoms with van der Waals surface area (Å²) in [5, 5.41) is 8.72. The Labute approximate surface area is 131 Å². The van der Waals surface area contributed by atoms with Crippen LogP contribution in [0.3, 0.4) is 0 Å². The van der Waals surface area contributed by atoms with Gasteiger partial charge in [0.2, 0.25) is 5.91 Å². The molecule has 120 valence electrons. The van der Waals surface area contributed by atoms with Gasteiger partial charge in [-0.05, 0) is 37.1 Å². The van der Waals surface area contributed by atoms with Gasteiger partial charge in [-0.2, -0.15) is 0 Å². The third-order valence-electron chi connectivity index (χ3n) is 3.01. The Kier molecular flexibility index (Phi) is 7.75. The molecule has 0 bridgehead atoms. The van der Waals surface area contributed by atoms with Crippen molar-refractivity contribution in [1.29, 1.82) is 0 Å². The summed E-state index contributed by atoms with van der Waals surface area (Å²) in [6, 6.07) is 7.44. The molecule has 0 unspecified atom stereocenters. The van der Waals surface area contributed by atoms with Crippen LogP contribution in [0.4, 0.5) is 0 Å². The minimum atomic E-state index is -0.899. The molecule has 1 amide bonds. The second-order valence-corrected chi connectivity index (χ2v) is 4.80. The van der Waals surface area contributed by atoms with Gasteiger partial charge in [0.1, 0.15) is 5.75 Å². The van der Waals surface area contributed by atoms with E-state index in [1.807, 2.05) is 38.1 Å². The SMILES string of the molecule is CCCN(CCC(=O)O)C(=O)/C=C/c1ccc(OCC)cc1. The van der Waals surface area contributed by atoms with Gasteiger partial charge < -0.3 is 14.7 Å². The molecule has 1 aromatic rings. The average molecular weight is 305 g/mol. The van der Waals surface area contributed by atoms with Crippen LogP contribution in [0.5, 0.6) is 5.75 Å². The van der Waals surface area contributed by atoms with E-state index < -0.39 is 5.97 Å². The number of hydrogen-bond donors (Lipinski definition) is 1. The maximum absolute atomic E-state index is 12.1. The molecule has 1 aromatic carbocycles. The standard InChI is InChI=1S/C17H23NO4/c1-3-12-18(13-11-17(20)21)16(19)10-7-14-5-8-15(9-6-14)22-4-2/h5-10H,3-4,11-13H2,1-2H3,(H,20,21)/b10-7+.